The standard InChI is InChI=1S/C18H13O/c1-2-19-16-11-9-14-7-6-12-4-3-5-13-8-10-15(16)18(14)17(12)13/h2-11H,1H3. The van der Waals surface area contributed by atoms with Crippen molar-refractivity contribution in [1.29, 1.82) is 0 Å². The maximum absolute atomic E-state index is 5.64. The van der Waals surface area contributed by atoms with Gasteiger partial charge in [0.1, 0.15) is 12.4 Å². The maximum atomic E-state index is 5.64. The third-order valence-electron chi connectivity index (χ3n) is 3.73. The summed E-state index contributed by atoms with van der Waals surface area (Å²) >= 11 is 0. The summed E-state index contributed by atoms with van der Waals surface area (Å²) in [6.45, 7) is 3.63. The van der Waals surface area contributed by atoms with Gasteiger partial charge >= 0.3 is 0 Å². The Labute approximate surface area is 111 Å². The van der Waals surface area contributed by atoms with E-state index in [1.54, 1.807) is 6.61 Å². The quantitative estimate of drug-likeness (QED) is 0.444. The van der Waals surface area contributed by atoms with E-state index in [2.05, 4.69) is 48.5 Å². The zero-order chi connectivity index (χ0) is 12.8. The third-order valence-corrected chi connectivity index (χ3v) is 3.73. The van der Waals surface area contributed by atoms with Crippen LogP contribution in [0.25, 0.3) is 32.3 Å². The summed E-state index contributed by atoms with van der Waals surface area (Å²) in [5, 5.41) is 7.65. The molecule has 0 bridgehead atoms. The van der Waals surface area contributed by atoms with Gasteiger partial charge in [-0.05, 0) is 40.6 Å². The van der Waals surface area contributed by atoms with Crippen LogP contribution in [-0.4, -0.2) is 0 Å². The fourth-order valence-corrected chi connectivity index (χ4v) is 2.94. The molecule has 0 N–H and O–H groups in total. The van der Waals surface area contributed by atoms with Crippen LogP contribution in [0, 0.1) is 6.61 Å². The first-order valence-electron chi connectivity index (χ1n) is 6.49. The van der Waals surface area contributed by atoms with Crippen molar-refractivity contribution in [2.75, 3.05) is 0 Å². The monoisotopic (exact) mass is 245 g/mol. The molecule has 0 aliphatic rings. The lowest BCUT2D eigenvalue weighted by Crippen LogP contribution is -1.89. The smallest absolute Gasteiger partial charge is 0.132 e. The van der Waals surface area contributed by atoms with Crippen LogP contribution in [0.3, 0.4) is 0 Å². The Kier molecular flexibility index (Phi) is 2.16. The van der Waals surface area contributed by atoms with Gasteiger partial charge in [0, 0.05) is 10.8 Å². The molecule has 0 aromatic heterocycles. The van der Waals surface area contributed by atoms with Crippen LogP contribution >= 0.6 is 0 Å². The number of ether oxygens (including phenoxy) is 1. The van der Waals surface area contributed by atoms with Gasteiger partial charge in [0.15, 0.2) is 0 Å². The van der Waals surface area contributed by atoms with E-state index in [0.717, 1.165) is 5.75 Å². The Hall–Kier alpha value is -2.28. The van der Waals surface area contributed by atoms with E-state index in [-0.39, 0.29) is 0 Å². The van der Waals surface area contributed by atoms with E-state index in [4.69, 9.17) is 4.74 Å². The van der Waals surface area contributed by atoms with Crippen LogP contribution in [0.5, 0.6) is 5.75 Å². The number of rotatable bonds is 2. The fourth-order valence-electron chi connectivity index (χ4n) is 2.94. The van der Waals surface area contributed by atoms with Crippen molar-refractivity contribution >= 4 is 32.3 Å². The molecule has 0 unspecified atom stereocenters. The molecule has 1 radical (unpaired) electrons. The molecule has 0 fully saturated rings. The predicted molar refractivity (Wildman–Crippen MR) is 80.7 cm³/mol. The average molecular weight is 245 g/mol. The van der Waals surface area contributed by atoms with Crippen molar-refractivity contribution in [3.63, 3.8) is 0 Å². The van der Waals surface area contributed by atoms with Gasteiger partial charge in [0.25, 0.3) is 0 Å². The van der Waals surface area contributed by atoms with Gasteiger partial charge in [-0.2, -0.15) is 0 Å². The second kappa shape index (κ2) is 3.86. The van der Waals surface area contributed by atoms with Gasteiger partial charge in [-0.15, -0.1) is 0 Å². The van der Waals surface area contributed by atoms with Crippen LogP contribution in [-0.2, 0) is 0 Å². The molecule has 19 heavy (non-hydrogen) atoms. The summed E-state index contributed by atoms with van der Waals surface area (Å²) in [6.07, 6.45) is 0. The van der Waals surface area contributed by atoms with Crippen molar-refractivity contribution in [2.45, 2.75) is 6.92 Å². The molecule has 1 nitrogen and oxygen atoms in total. The highest BCUT2D eigenvalue weighted by Gasteiger charge is 2.10. The van der Waals surface area contributed by atoms with Gasteiger partial charge in [-0.3, -0.25) is 0 Å². The molecule has 1 heteroatoms. The minimum atomic E-state index is 0.924. The Bertz CT molecular complexity index is 861. The SMILES string of the molecule is C[CH]Oc1ccc2ccc3cccc4ccc1c2c34. The van der Waals surface area contributed by atoms with E-state index in [1.165, 1.54) is 32.3 Å². The summed E-state index contributed by atoms with van der Waals surface area (Å²) in [5.41, 5.74) is 0. The molecule has 4 aromatic rings. The fraction of sp³-hybridized carbons (Fsp3) is 0.0556. The molecule has 4 rings (SSSR count). The zero-order valence-corrected chi connectivity index (χ0v) is 10.7. The Morgan fingerprint density at radius 3 is 2.11 bits per heavy atom. The van der Waals surface area contributed by atoms with Gasteiger partial charge in [-0.25, -0.2) is 0 Å². The topological polar surface area (TPSA) is 9.23 Å². The summed E-state index contributed by atoms with van der Waals surface area (Å²) in [7, 11) is 0. The molecule has 0 amide bonds. The first-order valence-corrected chi connectivity index (χ1v) is 6.49. The molecule has 0 saturated heterocycles. The Morgan fingerprint density at radius 2 is 1.37 bits per heavy atom. The van der Waals surface area contributed by atoms with Crippen molar-refractivity contribution in [3.05, 3.63) is 61.2 Å². The Morgan fingerprint density at radius 1 is 0.737 bits per heavy atom. The van der Waals surface area contributed by atoms with Crippen LogP contribution in [0.4, 0.5) is 0 Å². The van der Waals surface area contributed by atoms with Gasteiger partial charge in [0.05, 0.1) is 0 Å². The summed E-state index contributed by atoms with van der Waals surface area (Å²) in [4.78, 5) is 0. The second-order valence-corrected chi connectivity index (χ2v) is 4.77. The summed E-state index contributed by atoms with van der Waals surface area (Å²) < 4.78 is 5.64. The second-order valence-electron chi connectivity index (χ2n) is 4.77. The molecule has 0 atom stereocenters. The zero-order valence-electron chi connectivity index (χ0n) is 10.7. The van der Waals surface area contributed by atoms with Crippen molar-refractivity contribution in [1.82, 2.24) is 0 Å². The maximum Gasteiger partial charge on any atom is 0.132 e. The van der Waals surface area contributed by atoms with Crippen molar-refractivity contribution in [2.24, 2.45) is 0 Å². The summed E-state index contributed by atoms with van der Waals surface area (Å²) in [5.74, 6) is 0.924. The van der Waals surface area contributed by atoms with E-state index >= 15 is 0 Å². The van der Waals surface area contributed by atoms with Gasteiger partial charge in [-0.1, -0.05) is 42.5 Å². The van der Waals surface area contributed by atoms with Crippen LogP contribution in [0.15, 0.2) is 54.6 Å². The number of hydrogen-bond donors (Lipinski definition) is 0. The van der Waals surface area contributed by atoms with Crippen LogP contribution < -0.4 is 4.74 Å². The highest BCUT2D eigenvalue weighted by Crippen LogP contribution is 2.38. The minimum Gasteiger partial charge on any atom is -0.486 e. The van der Waals surface area contributed by atoms with E-state index in [9.17, 15) is 0 Å². The highest BCUT2D eigenvalue weighted by atomic mass is 16.5. The molecule has 0 heterocycles. The van der Waals surface area contributed by atoms with E-state index in [1.807, 2.05) is 13.0 Å². The molecule has 4 aromatic carbocycles. The first kappa shape index (κ1) is 10.6. The molecule has 0 saturated carbocycles. The number of benzene rings is 4. The first-order chi connectivity index (χ1) is 9.38. The molecular weight excluding hydrogens is 232 g/mol. The lowest BCUT2D eigenvalue weighted by Gasteiger charge is -2.13. The van der Waals surface area contributed by atoms with Crippen molar-refractivity contribution < 1.29 is 4.74 Å². The average Bonchev–Trinajstić information content (AvgIpc) is 2.46. The van der Waals surface area contributed by atoms with Gasteiger partial charge < -0.3 is 4.74 Å². The summed E-state index contributed by atoms with van der Waals surface area (Å²) in [6, 6.07) is 19.3. The lowest BCUT2D eigenvalue weighted by atomic mass is 9.94. The lowest BCUT2D eigenvalue weighted by molar-refractivity contribution is 0.421. The highest BCUT2D eigenvalue weighted by molar-refractivity contribution is 6.24. The van der Waals surface area contributed by atoms with E-state index < -0.39 is 0 Å². The van der Waals surface area contributed by atoms with Crippen LogP contribution in [0.1, 0.15) is 6.92 Å². The van der Waals surface area contributed by atoms with Crippen LogP contribution in [0.2, 0.25) is 0 Å². The third kappa shape index (κ3) is 1.42. The van der Waals surface area contributed by atoms with Gasteiger partial charge in [0.2, 0.25) is 0 Å². The molecule has 91 valence electrons. The molecule has 0 aliphatic carbocycles. The normalized spacial score (nSPS) is 11.6. The minimum absolute atomic E-state index is 0.924. The Balaban J connectivity index is 2.28. The molecule has 0 spiro atoms. The van der Waals surface area contributed by atoms with E-state index in [0.29, 0.717) is 0 Å². The van der Waals surface area contributed by atoms with Crippen molar-refractivity contribution in [3.8, 4) is 5.75 Å². The largest absolute Gasteiger partial charge is 0.486 e. The molecular formula is C18H13O. The molecule has 0 aliphatic heterocycles. The number of hydrogen-bond acceptors (Lipinski definition) is 1. The predicted octanol–water partition coefficient (Wildman–Crippen LogP) is 5.14.